The number of rotatable bonds is 6. The first-order valence-electron chi connectivity index (χ1n) is 14.7. The molecule has 2 heterocycles. The molecule has 8 heteroatoms. The number of aryl methyl sites for hydroxylation is 1. The third kappa shape index (κ3) is 5.30. The first kappa shape index (κ1) is 29.1. The molecule has 3 aliphatic rings. The van der Waals surface area contributed by atoms with E-state index in [1.165, 1.54) is 19.3 Å². The molecule has 5 rings (SSSR count). The van der Waals surface area contributed by atoms with Gasteiger partial charge < -0.3 is 9.84 Å². The lowest BCUT2D eigenvalue weighted by Gasteiger charge is -2.37. The highest BCUT2D eigenvalue weighted by Crippen LogP contribution is 2.49. The molecular weight excluding hydrogens is 524 g/mol. The van der Waals surface area contributed by atoms with E-state index in [-0.39, 0.29) is 6.04 Å². The summed E-state index contributed by atoms with van der Waals surface area (Å²) in [7, 11) is -3.74. The number of carbonyl (C=O) groups is 1. The Kier molecular flexibility index (Phi) is 7.83. The van der Waals surface area contributed by atoms with Crippen LogP contribution in [0.2, 0.25) is 0 Å². The van der Waals surface area contributed by atoms with Crippen LogP contribution in [0.25, 0.3) is 11.1 Å². The summed E-state index contributed by atoms with van der Waals surface area (Å²) in [6, 6.07) is 7.94. The number of hydrogen-bond acceptors (Lipinski definition) is 4. The zero-order valence-electron chi connectivity index (χ0n) is 24.8. The monoisotopic (exact) mass is 568 g/mol. The summed E-state index contributed by atoms with van der Waals surface area (Å²) < 4.78 is 37.9. The van der Waals surface area contributed by atoms with Gasteiger partial charge in [0.05, 0.1) is 17.3 Å². The molecule has 1 N–H and O–H groups in total. The molecule has 2 aliphatic heterocycles. The normalized spacial score (nSPS) is 22.1. The molecule has 0 aromatic heterocycles. The van der Waals surface area contributed by atoms with Crippen LogP contribution in [0, 0.1) is 26.7 Å². The Morgan fingerprint density at radius 1 is 1.02 bits per heavy atom. The van der Waals surface area contributed by atoms with Gasteiger partial charge in [0.2, 0.25) is 0 Å². The highest BCUT2D eigenvalue weighted by molar-refractivity contribution is 7.90. The first-order chi connectivity index (χ1) is 18.8. The SMILES string of the molecule is Cc1ccc(-c2c(C)c3c(c(C)c2[C@H](OC(C)(C)C)C(=O)O)N2C(CC3)CN(CC3CCCCC3)S2(=O)=O)cc1. The summed E-state index contributed by atoms with van der Waals surface area (Å²) in [5, 5.41) is 10.5. The van der Waals surface area contributed by atoms with Crippen molar-refractivity contribution in [3.05, 3.63) is 52.1 Å². The first-order valence-corrected chi connectivity index (χ1v) is 16.1. The Balaban J connectivity index is 1.69. The zero-order valence-corrected chi connectivity index (χ0v) is 25.6. The minimum atomic E-state index is -3.74. The van der Waals surface area contributed by atoms with Crippen LogP contribution in [0.4, 0.5) is 5.69 Å². The van der Waals surface area contributed by atoms with Crippen molar-refractivity contribution in [1.82, 2.24) is 4.31 Å². The van der Waals surface area contributed by atoms with E-state index in [1.807, 2.05) is 65.8 Å². The van der Waals surface area contributed by atoms with Crippen molar-refractivity contribution in [2.24, 2.45) is 5.92 Å². The van der Waals surface area contributed by atoms with Gasteiger partial charge in [0.15, 0.2) is 6.10 Å². The molecule has 2 atom stereocenters. The molecule has 40 heavy (non-hydrogen) atoms. The molecule has 0 bridgehead atoms. The van der Waals surface area contributed by atoms with Gasteiger partial charge in [-0.3, -0.25) is 4.31 Å². The van der Waals surface area contributed by atoms with Gasteiger partial charge in [-0.05, 0) is 101 Å². The number of carboxylic acids is 1. The third-order valence-corrected chi connectivity index (χ3v) is 10.8. The largest absolute Gasteiger partial charge is 0.479 e. The van der Waals surface area contributed by atoms with Crippen molar-refractivity contribution in [3.8, 4) is 11.1 Å². The summed E-state index contributed by atoms with van der Waals surface area (Å²) in [4.78, 5) is 12.8. The molecule has 218 valence electrons. The summed E-state index contributed by atoms with van der Waals surface area (Å²) in [5.74, 6) is -0.676. The number of fused-ring (bicyclic) bond motifs is 3. The lowest BCUT2D eigenvalue weighted by Crippen LogP contribution is -2.41. The highest BCUT2D eigenvalue weighted by Gasteiger charge is 2.49. The van der Waals surface area contributed by atoms with Gasteiger partial charge in [0.25, 0.3) is 0 Å². The molecule has 2 fully saturated rings. The van der Waals surface area contributed by atoms with E-state index in [0.29, 0.717) is 35.8 Å². The third-order valence-electron chi connectivity index (χ3n) is 8.90. The van der Waals surface area contributed by atoms with Gasteiger partial charge in [0, 0.05) is 18.7 Å². The van der Waals surface area contributed by atoms with Crippen molar-refractivity contribution < 1.29 is 23.1 Å². The second-order valence-electron chi connectivity index (χ2n) is 13.0. The number of ether oxygens (including phenoxy) is 1. The Bertz CT molecular complexity index is 1390. The number of hydrogen-bond donors (Lipinski definition) is 1. The standard InChI is InChI=1S/C32H44N2O5S/c1-20-12-14-24(15-13-20)27-21(2)26-17-16-25-19-33(18-23-10-8-7-9-11-23)40(37,38)34(25)29(26)22(3)28(27)30(31(35)36)39-32(4,5)6/h12-15,23,25,30H,7-11,16-19H2,1-6H3,(H,35,36)/t25?,30-/m0/s1. The van der Waals surface area contributed by atoms with E-state index in [0.717, 1.165) is 53.5 Å². The average Bonchev–Trinajstić information content (AvgIpc) is 3.14. The fourth-order valence-electron chi connectivity index (χ4n) is 7.04. The van der Waals surface area contributed by atoms with Crippen molar-refractivity contribution in [2.45, 2.75) is 104 Å². The molecule has 2 aromatic rings. The minimum Gasteiger partial charge on any atom is -0.479 e. The van der Waals surface area contributed by atoms with E-state index < -0.39 is 27.9 Å². The van der Waals surface area contributed by atoms with E-state index in [2.05, 4.69) is 0 Å². The van der Waals surface area contributed by atoms with E-state index >= 15 is 0 Å². The number of carboxylic acid groups (broad SMARTS) is 1. The fraction of sp³-hybridized carbons (Fsp3) is 0.594. The predicted octanol–water partition coefficient (Wildman–Crippen LogP) is 6.48. The summed E-state index contributed by atoms with van der Waals surface area (Å²) in [6.07, 6.45) is 6.00. The Labute approximate surface area is 239 Å². The van der Waals surface area contributed by atoms with Crippen LogP contribution in [-0.2, 0) is 26.2 Å². The van der Waals surface area contributed by atoms with Crippen LogP contribution in [0.15, 0.2) is 24.3 Å². The number of anilines is 1. The molecule has 0 spiro atoms. The van der Waals surface area contributed by atoms with Crippen molar-refractivity contribution in [3.63, 3.8) is 0 Å². The highest BCUT2D eigenvalue weighted by atomic mass is 32.2. The molecule has 1 saturated carbocycles. The van der Waals surface area contributed by atoms with Crippen LogP contribution in [0.3, 0.4) is 0 Å². The van der Waals surface area contributed by atoms with Crippen molar-refractivity contribution in [1.29, 1.82) is 0 Å². The van der Waals surface area contributed by atoms with Crippen LogP contribution >= 0.6 is 0 Å². The maximum atomic E-state index is 14.2. The molecule has 0 radical (unpaired) electrons. The van der Waals surface area contributed by atoms with Gasteiger partial charge in [-0.1, -0.05) is 49.1 Å². The number of nitrogens with zero attached hydrogens (tertiary/aromatic N) is 2. The minimum absolute atomic E-state index is 0.149. The molecular formula is C32H44N2O5S. The smallest absolute Gasteiger partial charge is 0.337 e. The molecule has 1 aliphatic carbocycles. The molecule has 7 nitrogen and oxygen atoms in total. The zero-order chi connectivity index (χ0) is 29.0. The lowest BCUT2D eigenvalue weighted by atomic mass is 9.81. The van der Waals surface area contributed by atoms with Crippen LogP contribution < -0.4 is 4.31 Å². The fourth-order valence-corrected chi connectivity index (χ4v) is 9.08. The molecule has 0 amide bonds. The van der Waals surface area contributed by atoms with Gasteiger partial charge in [-0.2, -0.15) is 12.7 Å². The Hall–Kier alpha value is -2.42. The maximum absolute atomic E-state index is 14.2. The van der Waals surface area contributed by atoms with Crippen LogP contribution in [-0.4, -0.2) is 48.5 Å². The van der Waals surface area contributed by atoms with Gasteiger partial charge in [-0.15, -0.1) is 0 Å². The molecule has 2 aromatic carbocycles. The molecule has 1 saturated heterocycles. The maximum Gasteiger partial charge on any atom is 0.337 e. The van der Waals surface area contributed by atoms with Gasteiger partial charge in [0.1, 0.15) is 0 Å². The predicted molar refractivity (Wildman–Crippen MR) is 159 cm³/mol. The van der Waals surface area contributed by atoms with Crippen molar-refractivity contribution >= 4 is 21.9 Å². The second kappa shape index (κ2) is 10.8. The van der Waals surface area contributed by atoms with Gasteiger partial charge >= 0.3 is 16.2 Å². The van der Waals surface area contributed by atoms with E-state index in [9.17, 15) is 18.3 Å². The number of benzene rings is 2. The average molecular weight is 569 g/mol. The van der Waals surface area contributed by atoms with E-state index in [4.69, 9.17) is 4.74 Å². The van der Waals surface area contributed by atoms with Gasteiger partial charge in [-0.25, -0.2) is 4.79 Å². The molecule has 1 unspecified atom stereocenters. The topological polar surface area (TPSA) is 87.2 Å². The van der Waals surface area contributed by atoms with Crippen molar-refractivity contribution in [2.75, 3.05) is 17.4 Å². The summed E-state index contributed by atoms with van der Waals surface area (Å²) >= 11 is 0. The van der Waals surface area contributed by atoms with E-state index in [1.54, 1.807) is 8.61 Å². The lowest BCUT2D eigenvalue weighted by molar-refractivity contribution is -0.160. The second-order valence-corrected chi connectivity index (χ2v) is 14.8. The summed E-state index contributed by atoms with van der Waals surface area (Å²) in [6.45, 7) is 12.5. The van der Waals surface area contributed by atoms with Crippen LogP contribution in [0.1, 0.15) is 93.2 Å². The summed E-state index contributed by atoms with van der Waals surface area (Å²) in [5.41, 5.74) is 5.96. The Morgan fingerprint density at radius 2 is 1.68 bits per heavy atom. The van der Waals surface area contributed by atoms with Crippen LogP contribution in [0.5, 0.6) is 0 Å². The Morgan fingerprint density at radius 3 is 2.27 bits per heavy atom. The quantitative estimate of drug-likeness (QED) is 0.431. The number of aliphatic carboxylic acids is 1.